The Morgan fingerprint density at radius 3 is 2.65 bits per heavy atom. The summed E-state index contributed by atoms with van der Waals surface area (Å²) in [6.45, 7) is 2.49. The van der Waals surface area contributed by atoms with Crippen LogP contribution in [0.5, 0.6) is 0 Å². The highest BCUT2D eigenvalue weighted by atomic mass is 16.2. The Balaban J connectivity index is 2.56. The van der Waals surface area contributed by atoms with Crippen LogP contribution in [0.1, 0.15) is 17.5 Å². The number of nitriles is 1. The number of rotatable bonds is 4. The Labute approximate surface area is 102 Å². The van der Waals surface area contributed by atoms with Gasteiger partial charge in [-0.2, -0.15) is 5.26 Å². The standard InChI is InChI=1S/C14H16N2O/c1-12-4-6-13(7-5-12)8-9-14(17)16(2)11-3-10-15/h4-9H,3,11H2,1-2H3/b9-8-. The van der Waals surface area contributed by atoms with E-state index in [1.165, 1.54) is 16.5 Å². The predicted molar refractivity (Wildman–Crippen MR) is 68.1 cm³/mol. The van der Waals surface area contributed by atoms with E-state index < -0.39 is 0 Å². The number of hydrogen-bond acceptors (Lipinski definition) is 2. The van der Waals surface area contributed by atoms with Crippen LogP contribution in [0.3, 0.4) is 0 Å². The van der Waals surface area contributed by atoms with E-state index >= 15 is 0 Å². The zero-order chi connectivity index (χ0) is 12.7. The molecule has 0 radical (unpaired) electrons. The summed E-state index contributed by atoms with van der Waals surface area (Å²) in [5.41, 5.74) is 2.19. The van der Waals surface area contributed by atoms with E-state index in [-0.39, 0.29) is 5.91 Å². The molecule has 1 rings (SSSR count). The molecule has 17 heavy (non-hydrogen) atoms. The highest BCUT2D eigenvalue weighted by molar-refractivity contribution is 5.91. The maximum Gasteiger partial charge on any atom is 0.246 e. The molecule has 0 saturated heterocycles. The van der Waals surface area contributed by atoms with Gasteiger partial charge < -0.3 is 4.90 Å². The molecule has 88 valence electrons. The third-order valence-electron chi connectivity index (χ3n) is 2.43. The number of carbonyl (C=O) groups excluding carboxylic acids is 1. The molecule has 3 heteroatoms. The molecule has 0 unspecified atom stereocenters. The molecule has 0 aliphatic carbocycles. The summed E-state index contributed by atoms with van der Waals surface area (Å²) < 4.78 is 0. The molecule has 0 heterocycles. The van der Waals surface area contributed by atoms with Crippen molar-refractivity contribution in [1.29, 1.82) is 5.26 Å². The summed E-state index contributed by atoms with van der Waals surface area (Å²) in [5.74, 6) is -0.0826. The predicted octanol–water partition coefficient (Wildman–Crippen LogP) is 2.38. The number of nitrogens with zero attached hydrogens (tertiary/aromatic N) is 2. The molecule has 0 saturated carbocycles. The number of likely N-dealkylation sites (N-methyl/N-ethyl adjacent to an activating group) is 1. The minimum absolute atomic E-state index is 0.0826. The second-order valence-corrected chi connectivity index (χ2v) is 3.91. The van der Waals surface area contributed by atoms with E-state index in [1.807, 2.05) is 37.3 Å². The third-order valence-corrected chi connectivity index (χ3v) is 2.43. The first-order valence-electron chi connectivity index (χ1n) is 5.50. The van der Waals surface area contributed by atoms with Crippen LogP contribution in [0.4, 0.5) is 0 Å². The fourth-order valence-electron chi connectivity index (χ4n) is 1.30. The van der Waals surface area contributed by atoms with Gasteiger partial charge in [0.2, 0.25) is 5.91 Å². The van der Waals surface area contributed by atoms with Crippen molar-refractivity contribution in [2.24, 2.45) is 0 Å². The van der Waals surface area contributed by atoms with E-state index in [0.29, 0.717) is 13.0 Å². The Bertz CT molecular complexity index is 440. The van der Waals surface area contributed by atoms with Crippen molar-refractivity contribution in [2.45, 2.75) is 13.3 Å². The lowest BCUT2D eigenvalue weighted by Gasteiger charge is -2.12. The molecule has 0 aliphatic rings. The molecule has 0 bridgehead atoms. The van der Waals surface area contributed by atoms with Crippen LogP contribution in [-0.2, 0) is 4.79 Å². The molecule has 1 amide bonds. The van der Waals surface area contributed by atoms with Crippen molar-refractivity contribution < 1.29 is 4.79 Å². The smallest absolute Gasteiger partial charge is 0.246 e. The third kappa shape index (κ3) is 4.52. The summed E-state index contributed by atoms with van der Waals surface area (Å²) >= 11 is 0. The number of carbonyl (C=O) groups is 1. The maximum atomic E-state index is 11.6. The molecule has 0 aromatic heterocycles. The zero-order valence-electron chi connectivity index (χ0n) is 10.2. The normalized spacial score (nSPS) is 10.2. The van der Waals surface area contributed by atoms with Gasteiger partial charge in [-0.25, -0.2) is 0 Å². The summed E-state index contributed by atoms with van der Waals surface area (Å²) in [5, 5.41) is 8.42. The highest BCUT2D eigenvalue weighted by Gasteiger charge is 2.03. The van der Waals surface area contributed by atoms with Crippen LogP contribution in [0.15, 0.2) is 30.3 Å². The van der Waals surface area contributed by atoms with Gasteiger partial charge >= 0.3 is 0 Å². The lowest BCUT2D eigenvalue weighted by Crippen LogP contribution is -2.25. The molecule has 0 spiro atoms. The van der Waals surface area contributed by atoms with Crippen LogP contribution in [-0.4, -0.2) is 24.4 Å². The van der Waals surface area contributed by atoms with Crippen LogP contribution in [0.2, 0.25) is 0 Å². The van der Waals surface area contributed by atoms with Crippen molar-refractivity contribution >= 4 is 12.0 Å². The quantitative estimate of drug-likeness (QED) is 0.743. The van der Waals surface area contributed by atoms with E-state index in [1.54, 1.807) is 13.1 Å². The first-order valence-corrected chi connectivity index (χ1v) is 5.50. The van der Waals surface area contributed by atoms with Gasteiger partial charge in [0, 0.05) is 19.7 Å². The Kier molecular flexibility index (Phi) is 4.96. The zero-order valence-corrected chi connectivity index (χ0v) is 10.2. The second-order valence-electron chi connectivity index (χ2n) is 3.91. The van der Waals surface area contributed by atoms with Gasteiger partial charge in [0.1, 0.15) is 0 Å². The summed E-state index contributed by atoms with van der Waals surface area (Å²) in [7, 11) is 1.69. The molecular weight excluding hydrogens is 212 g/mol. The van der Waals surface area contributed by atoms with Crippen LogP contribution in [0.25, 0.3) is 6.08 Å². The van der Waals surface area contributed by atoms with Gasteiger partial charge in [0.05, 0.1) is 12.5 Å². The minimum Gasteiger partial charge on any atom is -0.341 e. The van der Waals surface area contributed by atoms with E-state index in [9.17, 15) is 4.79 Å². The van der Waals surface area contributed by atoms with Gasteiger partial charge in [-0.05, 0) is 18.6 Å². The molecule has 0 N–H and O–H groups in total. The fraction of sp³-hybridized carbons (Fsp3) is 0.286. The Hall–Kier alpha value is -2.08. The number of aryl methyl sites for hydroxylation is 1. The number of hydrogen-bond donors (Lipinski definition) is 0. The van der Waals surface area contributed by atoms with Gasteiger partial charge in [-0.15, -0.1) is 0 Å². The minimum atomic E-state index is -0.0826. The first kappa shape index (κ1) is 13.0. The topological polar surface area (TPSA) is 44.1 Å². The average Bonchev–Trinajstić information content (AvgIpc) is 2.34. The summed E-state index contributed by atoms with van der Waals surface area (Å²) in [4.78, 5) is 13.2. The summed E-state index contributed by atoms with van der Waals surface area (Å²) in [6.07, 6.45) is 3.67. The van der Waals surface area contributed by atoms with Gasteiger partial charge in [0.25, 0.3) is 0 Å². The van der Waals surface area contributed by atoms with E-state index in [4.69, 9.17) is 5.26 Å². The van der Waals surface area contributed by atoms with Gasteiger partial charge in [-0.1, -0.05) is 29.8 Å². The number of benzene rings is 1. The molecule has 0 fully saturated rings. The van der Waals surface area contributed by atoms with Crippen LogP contribution < -0.4 is 0 Å². The molecule has 1 aromatic rings. The highest BCUT2D eigenvalue weighted by Crippen LogP contribution is 2.05. The van der Waals surface area contributed by atoms with Crippen LogP contribution >= 0.6 is 0 Å². The van der Waals surface area contributed by atoms with Crippen molar-refractivity contribution in [2.75, 3.05) is 13.6 Å². The molecule has 0 aliphatic heterocycles. The van der Waals surface area contributed by atoms with Gasteiger partial charge in [0.15, 0.2) is 0 Å². The summed E-state index contributed by atoms with van der Waals surface area (Å²) in [6, 6.07) is 9.96. The van der Waals surface area contributed by atoms with Crippen molar-refractivity contribution in [3.05, 3.63) is 41.5 Å². The lowest BCUT2D eigenvalue weighted by molar-refractivity contribution is -0.124. The molecule has 0 atom stereocenters. The maximum absolute atomic E-state index is 11.6. The largest absolute Gasteiger partial charge is 0.341 e. The molecule has 1 aromatic carbocycles. The van der Waals surface area contributed by atoms with Gasteiger partial charge in [-0.3, -0.25) is 4.79 Å². The Morgan fingerprint density at radius 2 is 2.06 bits per heavy atom. The lowest BCUT2D eigenvalue weighted by atomic mass is 10.1. The van der Waals surface area contributed by atoms with Crippen molar-refractivity contribution in [3.63, 3.8) is 0 Å². The fourth-order valence-corrected chi connectivity index (χ4v) is 1.30. The van der Waals surface area contributed by atoms with E-state index in [0.717, 1.165) is 5.56 Å². The van der Waals surface area contributed by atoms with Crippen molar-refractivity contribution in [1.82, 2.24) is 4.90 Å². The van der Waals surface area contributed by atoms with Crippen molar-refractivity contribution in [3.8, 4) is 6.07 Å². The SMILES string of the molecule is Cc1ccc(/C=C\C(=O)N(C)CCC#N)cc1. The monoisotopic (exact) mass is 228 g/mol. The van der Waals surface area contributed by atoms with E-state index in [2.05, 4.69) is 0 Å². The molecule has 3 nitrogen and oxygen atoms in total. The number of amides is 1. The Morgan fingerprint density at radius 1 is 1.41 bits per heavy atom. The molecular formula is C14H16N2O. The average molecular weight is 228 g/mol. The van der Waals surface area contributed by atoms with Crippen LogP contribution in [0, 0.1) is 18.3 Å². The second kappa shape index (κ2) is 6.49. The first-order chi connectivity index (χ1) is 8.13.